The Morgan fingerprint density at radius 3 is 1.76 bits per heavy atom. The molecule has 29 heavy (non-hydrogen) atoms. The Balaban J connectivity index is 0. The van der Waals surface area contributed by atoms with Crippen LogP contribution in [0.3, 0.4) is 0 Å². The molecule has 9 nitrogen and oxygen atoms in total. The molecule has 0 aromatic carbocycles. The van der Waals surface area contributed by atoms with E-state index in [9.17, 15) is 22.8 Å². The van der Waals surface area contributed by atoms with Crippen molar-refractivity contribution in [2.75, 3.05) is 25.6 Å². The van der Waals surface area contributed by atoms with Crippen LogP contribution < -0.4 is 0 Å². The summed E-state index contributed by atoms with van der Waals surface area (Å²) in [5.74, 6) is -2.82. The third kappa shape index (κ3) is 12.7. The van der Waals surface area contributed by atoms with Crippen LogP contribution >= 0.6 is 0 Å². The van der Waals surface area contributed by atoms with Crippen molar-refractivity contribution in [1.29, 1.82) is 0 Å². The molecule has 0 rings (SSSR count). The Morgan fingerprint density at radius 2 is 1.41 bits per heavy atom. The minimum atomic E-state index is -4.18. The first-order valence-corrected chi connectivity index (χ1v) is 10.2. The van der Waals surface area contributed by atoms with Crippen molar-refractivity contribution >= 4 is 79.4 Å². The molecule has 0 unspecified atom stereocenters. The van der Waals surface area contributed by atoms with Crippen LogP contribution in [-0.4, -0.2) is 108 Å². The molecule has 0 bridgehead atoms. The average molecular weight is 461 g/mol. The molecule has 0 atom stereocenters. The molecule has 0 aromatic rings. The molecule has 0 amide bonds. The Labute approximate surface area is 214 Å². The second kappa shape index (κ2) is 14.4. The quantitative estimate of drug-likeness (QED) is 0.107. The van der Waals surface area contributed by atoms with E-state index < -0.39 is 52.4 Å². The van der Waals surface area contributed by atoms with Crippen molar-refractivity contribution in [3.05, 3.63) is 24.3 Å². The van der Waals surface area contributed by atoms with E-state index in [0.717, 1.165) is 0 Å². The zero-order chi connectivity index (χ0) is 22.0. The van der Waals surface area contributed by atoms with E-state index in [-0.39, 0.29) is 82.0 Å². The van der Waals surface area contributed by atoms with Gasteiger partial charge in [-0.2, -0.15) is 8.42 Å². The van der Waals surface area contributed by atoms with Crippen molar-refractivity contribution in [2.24, 2.45) is 5.41 Å². The molecule has 162 valence electrons. The van der Waals surface area contributed by atoms with Gasteiger partial charge in [-0.3, -0.25) is 9.35 Å². The van der Waals surface area contributed by atoms with Gasteiger partial charge >= 0.3 is 69.3 Å². The summed E-state index contributed by atoms with van der Waals surface area (Å²) in [6, 6.07) is 0. The number of rotatable bonds is 13. The first-order chi connectivity index (χ1) is 12.8. The number of hydrogen-bond acceptors (Lipinski definition) is 8. The predicted molar refractivity (Wildman–Crippen MR) is 108 cm³/mol. The van der Waals surface area contributed by atoms with Gasteiger partial charge in [-0.25, -0.2) is 9.59 Å². The van der Waals surface area contributed by atoms with Crippen LogP contribution in [0.4, 0.5) is 0 Å². The average Bonchev–Trinajstić information content (AvgIpc) is 2.59. The summed E-state index contributed by atoms with van der Waals surface area (Å²) in [6.45, 7) is 10.5. The summed E-state index contributed by atoms with van der Waals surface area (Å²) < 4.78 is 45.5. The summed E-state index contributed by atoms with van der Waals surface area (Å²) in [5, 5.41) is 0. The second-order valence-electron chi connectivity index (χ2n) is 6.52. The number of carbonyl (C=O) groups excluding carboxylic acids is 3. The van der Waals surface area contributed by atoms with Gasteiger partial charge in [-0.05, 0) is 26.7 Å². The molecule has 0 radical (unpaired) electrons. The molecule has 0 aliphatic heterocycles. The van der Waals surface area contributed by atoms with Crippen molar-refractivity contribution in [1.82, 2.24) is 0 Å². The fraction of sp³-hybridized carbons (Fsp3) is 0.611. The zero-order valence-corrected chi connectivity index (χ0v) is 17.3. The number of carbonyl (C=O) groups is 3. The molecule has 0 aliphatic carbocycles. The van der Waals surface area contributed by atoms with Crippen molar-refractivity contribution < 1.29 is 41.6 Å². The van der Waals surface area contributed by atoms with Crippen LogP contribution in [0.25, 0.3) is 0 Å². The van der Waals surface area contributed by atoms with E-state index in [2.05, 4.69) is 13.2 Å². The fourth-order valence-corrected chi connectivity index (χ4v) is 2.58. The monoisotopic (exact) mass is 460 g/mol. The van der Waals surface area contributed by atoms with Gasteiger partial charge < -0.3 is 14.2 Å². The zero-order valence-electron chi connectivity index (χ0n) is 16.5. The van der Waals surface area contributed by atoms with Crippen LogP contribution in [0.1, 0.15) is 40.0 Å². The molecule has 0 spiro atoms. The number of ether oxygens (including phenoxy) is 3. The fourth-order valence-electron chi connectivity index (χ4n) is 2.10. The molecule has 0 heterocycles. The van der Waals surface area contributed by atoms with Gasteiger partial charge in [-0.1, -0.05) is 26.5 Å². The Bertz CT molecular complexity index is 683. The van der Waals surface area contributed by atoms with E-state index >= 15 is 0 Å². The van der Waals surface area contributed by atoms with Gasteiger partial charge in [0.2, 0.25) is 0 Å². The van der Waals surface area contributed by atoms with E-state index in [1.165, 1.54) is 13.8 Å². The van der Waals surface area contributed by atoms with E-state index in [0.29, 0.717) is 6.42 Å². The molecule has 0 aliphatic rings. The third-order valence-corrected chi connectivity index (χ3v) is 4.40. The molecule has 0 saturated heterocycles. The van der Waals surface area contributed by atoms with Crippen LogP contribution in [0.2, 0.25) is 0 Å². The Hall–Kier alpha value is -0.564. The van der Waals surface area contributed by atoms with Gasteiger partial charge in [0.25, 0.3) is 10.1 Å². The molecular weight excluding hydrogens is 431 g/mol. The van der Waals surface area contributed by atoms with Gasteiger partial charge in [-0.15, -0.1) is 0 Å². The van der Waals surface area contributed by atoms with Gasteiger partial charge in [0.15, 0.2) is 0 Å². The van der Waals surface area contributed by atoms with Crippen molar-refractivity contribution in [3.8, 4) is 0 Å². The van der Waals surface area contributed by atoms with Crippen LogP contribution in [0, 0.1) is 5.41 Å². The van der Waals surface area contributed by atoms with Crippen molar-refractivity contribution in [3.63, 3.8) is 0 Å². The molecule has 11 heteroatoms. The van der Waals surface area contributed by atoms with E-state index in [1.807, 2.05) is 0 Å². The molecule has 1 N–H and O–H groups in total. The SMILES string of the molecule is C=C(C)C(=O)OCC(CCC)(COC(=O)C(=C)C)C(=O)OCCCS(=O)(=O)O.[KH]. The Kier molecular flexibility index (Phi) is 15.3. The summed E-state index contributed by atoms with van der Waals surface area (Å²) in [4.78, 5) is 36.2. The van der Waals surface area contributed by atoms with E-state index in [4.69, 9.17) is 18.8 Å². The molecule has 0 aromatic heterocycles. The van der Waals surface area contributed by atoms with Crippen LogP contribution in [-0.2, 0) is 38.7 Å². The predicted octanol–water partition coefficient (Wildman–Crippen LogP) is 1.18. The Morgan fingerprint density at radius 1 is 0.966 bits per heavy atom. The summed E-state index contributed by atoms with van der Waals surface area (Å²) in [5.41, 5.74) is -1.21. The standard InChI is InChI=1S/C18H28O9S.K.H/c1-6-8-18(11-26-15(19)13(2)3,12-27-16(20)14(4)5)17(21)25-9-7-10-28(22,23)24;;/h2,4,6-12H2,1,3,5H3,(H,22,23,24);;. The maximum absolute atomic E-state index is 12.7. The normalized spacial score (nSPS) is 11.0. The minimum absolute atomic E-state index is 0. The number of esters is 3. The van der Waals surface area contributed by atoms with Crippen LogP contribution in [0.5, 0.6) is 0 Å². The first kappa shape index (κ1) is 30.6. The van der Waals surface area contributed by atoms with Crippen molar-refractivity contribution in [2.45, 2.75) is 40.0 Å². The summed E-state index contributed by atoms with van der Waals surface area (Å²) in [6.07, 6.45) is 0.538. The second-order valence-corrected chi connectivity index (χ2v) is 8.09. The first-order valence-electron chi connectivity index (χ1n) is 8.62. The maximum atomic E-state index is 12.7. The molecular formula is C18H29KO9S. The molecule has 0 fully saturated rings. The summed E-state index contributed by atoms with van der Waals surface area (Å²) in [7, 11) is -4.18. The third-order valence-electron chi connectivity index (χ3n) is 3.60. The van der Waals surface area contributed by atoms with Gasteiger partial charge in [0.1, 0.15) is 18.6 Å². The van der Waals surface area contributed by atoms with Gasteiger partial charge in [0, 0.05) is 11.1 Å². The van der Waals surface area contributed by atoms with Crippen LogP contribution in [0.15, 0.2) is 24.3 Å². The topological polar surface area (TPSA) is 133 Å². The van der Waals surface area contributed by atoms with E-state index in [1.54, 1.807) is 6.92 Å². The summed E-state index contributed by atoms with van der Waals surface area (Å²) >= 11 is 0. The van der Waals surface area contributed by atoms with Gasteiger partial charge in [0.05, 0.1) is 12.4 Å². The number of hydrogen-bond donors (Lipinski definition) is 1. The molecule has 0 saturated carbocycles.